The highest BCUT2D eigenvalue weighted by atomic mass is 15.2. The van der Waals surface area contributed by atoms with Crippen LogP contribution in [-0.4, -0.2) is 4.70 Å². The number of rotatable bonds is 7. The van der Waals surface area contributed by atoms with Gasteiger partial charge in [0.1, 0.15) is 0 Å². The van der Waals surface area contributed by atoms with E-state index in [1.807, 2.05) is 0 Å². The van der Waals surface area contributed by atoms with Crippen molar-refractivity contribution in [1.82, 2.24) is 0 Å². The van der Waals surface area contributed by atoms with E-state index >= 15 is 0 Å². The topological polar surface area (TPSA) is 25.3 Å². The SMILES string of the molecule is CCC1=C(c2ccc(CC)c(CC)c2)[N+](=[N-])C(c2ccc(CC)c(CC)c2)=C1. The molecule has 0 radical (unpaired) electrons. The first-order valence-electron chi connectivity index (χ1n) is 10.8. The monoisotopic (exact) mass is 372 g/mol. The lowest BCUT2D eigenvalue weighted by Gasteiger charge is -2.13. The fourth-order valence-electron chi connectivity index (χ4n) is 4.24. The van der Waals surface area contributed by atoms with Gasteiger partial charge in [0.25, 0.3) is 0 Å². The molecular weight excluding hydrogens is 340 g/mol. The fraction of sp³-hybridized carbons (Fsp3) is 0.385. The Balaban J connectivity index is 2.03. The summed E-state index contributed by atoms with van der Waals surface area (Å²) >= 11 is 0. The van der Waals surface area contributed by atoms with Crippen LogP contribution in [0.4, 0.5) is 0 Å². The second-order valence-electron chi connectivity index (χ2n) is 7.45. The Morgan fingerprint density at radius 1 is 0.643 bits per heavy atom. The third-order valence-corrected chi connectivity index (χ3v) is 5.94. The van der Waals surface area contributed by atoms with Gasteiger partial charge in [0.15, 0.2) is 0 Å². The highest BCUT2D eigenvalue weighted by Gasteiger charge is 2.28. The van der Waals surface area contributed by atoms with Gasteiger partial charge in [-0.2, -0.15) is 0 Å². The number of nitrogens with zero attached hydrogens (tertiary/aromatic N) is 2. The van der Waals surface area contributed by atoms with Crippen molar-refractivity contribution in [3.8, 4) is 0 Å². The molecule has 0 amide bonds. The van der Waals surface area contributed by atoms with E-state index in [9.17, 15) is 5.53 Å². The summed E-state index contributed by atoms with van der Waals surface area (Å²) in [6.45, 7) is 10.9. The maximum absolute atomic E-state index is 11.1. The van der Waals surface area contributed by atoms with Crippen LogP contribution < -0.4 is 0 Å². The second kappa shape index (κ2) is 8.68. The Bertz CT molecular complexity index is 960. The predicted octanol–water partition coefficient (Wildman–Crippen LogP) is 7.15. The van der Waals surface area contributed by atoms with E-state index in [1.165, 1.54) is 32.5 Å². The van der Waals surface area contributed by atoms with E-state index in [4.69, 9.17) is 0 Å². The molecule has 1 aliphatic heterocycles. The Hall–Kier alpha value is -2.48. The maximum Gasteiger partial charge on any atom is 0.210 e. The first-order chi connectivity index (χ1) is 13.6. The summed E-state index contributed by atoms with van der Waals surface area (Å²) in [7, 11) is 0. The highest BCUT2D eigenvalue weighted by Crippen LogP contribution is 2.37. The number of aryl methyl sites for hydroxylation is 4. The van der Waals surface area contributed by atoms with Gasteiger partial charge in [0.2, 0.25) is 11.4 Å². The van der Waals surface area contributed by atoms with Crippen LogP contribution in [0.25, 0.3) is 16.9 Å². The van der Waals surface area contributed by atoms with Gasteiger partial charge in [-0.15, -0.1) is 0 Å². The van der Waals surface area contributed by atoms with Crippen molar-refractivity contribution in [3.63, 3.8) is 0 Å². The molecule has 1 aliphatic rings. The van der Waals surface area contributed by atoms with Gasteiger partial charge < -0.3 is 5.53 Å². The van der Waals surface area contributed by atoms with E-state index in [0.717, 1.165) is 54.6 Å². The first-order valence-corrected chi connectivity index (χ1v) is 10.8. The van der Waals surface area contributed by atoms with Gasteiger partial charge in [0.05, 0.1) is 0 Å². The lowest BCUT2D eigenvalue weighted by molar-refractivity contribution is -0.344. The van der Waals surface area contributed by atoms with E-state index < -0.39 is 0 Å². The molecule has 146 valence electrons. The number of hydrogen-bond acceptors (Lipinski definition) is 0. The third-order valence-electron chi connectivity index (χ3n) is 5.94. The maximum atomic E-state index is 11.1. The number of hydrogen-bond donors (Lipinski definition) is 0. The van der Waals surface area contributed by atoms with Crippen LogP contribution in [0, 0.1) is 0 Å². The lowest BCUT2D eigenvalue weighted by atomic mass is 9.97. The zero-order chi connectivity index (χ0) is 20.3. The Labute approximate surface area is 170 Å². The molecule has 2 heteroatoms. The molecule has 0 saturated carbocycles. The molecule has 0 atom stereocenters. The van der Waals surface area contributed by atoms with Gasteiger partial charge in [-0.25, -0.2) is 4.70 Å². The van der Waals surface area contributed by atoms with Gasteiger partial charge in [0, 0.05) is 22.8 Å². The Kier molecular flexibility index (Phi) is 6.28. The Morgan fingerprint density at radius 2 is 1.14 bits per heavy atom. The van der Waals surface area contributed by atoms with Crippen molar-refractivity contribution in [1.29, 1.82) is 0 Å². The Morgan fingerprint density at radius 3 is 1.64 bits per heavy atom. The molecule has 0 spiro atoms. The molecule has 0 aromatic heterocycles. The van der Waals surface area contributed by atoms with Crippen molar-refractivity contribution in [2.45, 2.75) is 66.7 Å². The summed E-state index contributed by atoms with van der Waals surface area (Å²) in [5, 5.41) is 0. The molecule has 0 saturated heterocycles. The fourth-order valence-corrected chi connectivity index (χ4v) is 4.24. The largest absolute Gasteiger partial charge is 0.493 e. The standard InChI is InChI=1S/C26H32N2/c1-6-18-11-13-23(15-20(18)8-3)25-17-22(10-5)26(28(25)27)24-14-12-19(7-2)21(9-4)16-24/h11-17H,6-10H2,1-5H3. The molecule has 2 nitrogen and oxygen atoms in total. The van der Waals surface area contributed by atoms with Crippen LogP contribution in [0.15, 0.2) is 48.0 Å². The predicted molar refractivity (Wildman–Crippen MR) is 119 cm³/mol. The van der Waals surface area contributed by atoms with Gasteiger partial charge in [-0.1, -0.05) is 46.8 Å². The quantitative estimate of drug-likeness (QED) is 0.461. The van der Waals surface area contributed by atoms with E-state index in [2.05, 4.69) is 77.1 Å². The molecular formula is C26H32N2. The summed E-state index contributed by atoms with van der Waals surface area (Å²) in [6, 6.07) is 13.2. The molecule has 2 aromatic rings. The number of allylic oxidation sites excluding steroid dienone is 2. The van der Waals surface area contributed by atoms with Crippen LogP contribution in [0.5, 0.6) is 0 Å². The van der Waals surface area contributed by atoms with E-state index in [-0.39, 0.29) is 0 Å². The minimum Gasteiger partial charge on any atom is -0.493 e. The molecule has 2 aromatic carbocycles. The molecule has 1 heterocycles. The van der Waals surface area contributed by atoms with Crippen molar-refractivity contribution < 1.29 is 4.70 Å². The van der Waals surface area contributed by atoms with Gasteiger partial charge >= 0.3 is 0 Å². The van der Waals surface area contributed by atoms with Crippen molar-refractivity contribution in [3.05, 3.63) is 87.0 Å². The minimum absolute atomic E-state index is 0.877. The summed E-state index contributed by atoms with van der Waals surface area (Å²) in [5.41, 5.74) is 21.8. The second-order valence-corrected chi connectivity index (χ2v) is 7.45. The summed E-state index contributed by atoms with van der Waals surface area (Å²) < 4.78 is 1.40. The molecule has 3 rings (SSSR count). The van der Waals surface area contributed by atoms with Crippen molar-refractivity contribution in [2.24, 2.45) is 0 Å². The average Bonchev–Trinajstić information content (AvgIpc) is 3.08. The molecule has 28 heavy (non-hydrogen) atoms. The van der Waals surface area contributed by atoms with Crippen LogP contribution in [0.2, 0.25) is 0 Å². The summed E-state index contributed by atoms with van der Waals surface area (Å²) in [4.78, 5) is 0. The summed E-state index contributed by atoms with van der Waals surface area (Å²) in [6.07, 6.45) is 7.14. The van der Waals surface area contributed by atoms with Crippen LogP contribution in [0.1, 0.15) is 74.4 Å². The average molecular weight is 373 g/mol. The summed E-state index contributed by atoms with van der Waals surface area (Å²) in [5.74, 6) is 0. The molecule has 0 N–H and O–H groups in total. The smallest absolute Gasteiger partial charge is 0.210 e. The van der Waals surface area contributed by atoms with E-state index in [0.29, 0.717) is 0 Å². The van der Waals surface area contributed by atoms with Crippen LogP contribution >= 0.6 is 0 Å². The molecule has 0 unspecified atom stereocenters. The highest BCUT2D eigenvalue weighted by molar-refractivity contribution is 5.78. The van der Waals surface area contributed by atoms with Crippen molar-refractivity contribution >= 4 is 11.4 Å². The van der Waals surface area contributed by atoms with Crippen LogP contribution in [-0.2, 0) is 25.7 Å². The van der Waals surface area contributed by atoms with Crippen LogP contribution in [0.3, 0.4) is 0 Å². The zero-order valence-corrected chi connectivity index (χ0v) is 18.0. The van der Waals surface area contributed by atoms with Gasteiger partial charge in [-0.3, -0.25) is 0 Å². The van der Waals surface area contributed by atoms with Crippen molar-refractivity contribution in [2.75, 3.05) is 0 Å². The zero-order valence-electron chi connectivity index (χ0n) is 18.0. The molecule has 0 aliphatic carbocycles. The first kappa shape index (κ1) is 20.3. The molecule has 0 bridgehead atoms. The van der Waals surface area contributed by atoms with Gasteiger partial charge in [-0.05, 0) is 78.6 Å². The molecule has 0 fully saturated rings. The normalized spacial score (nSPS) is 14.0. The minimum atomic E-state index is 0.877. The van der Waals surface area contributed by atoms with E-state index in [1.54, 1.807) is 0 Å². The lowest BCUT2D eigenvalue weighted by Crippen LogP contribution is -2.04. The number of benzene rings is 2. The third kappa shape index (κ3) is 3.61.